The number of alkyl halides is 3. The number of benzene rings is 1. The number of aromatic nitrogens is 2. The molecule has 1 aliphatic rings. The minimum absolute atomic E-state index is 0.0174. The third-order valence-corrected chi connectivity index (χ3v) is 4.87. The molecular weight excluding hydrogens is 431 g/mol. The highest BCUT2D eigenvalue weighted by atomic mass is 35.5. The number of aliphatic carboxylic acids is 1. The van der Waals surface area contributed by atoms with Crippen LogP contribution in [0.5, 0.6) is 0 Å². The molecule has 0 amide bonds. The molecule has 2 N–H and O–H groups in total. The van der Waals surface area contributed by atoms with Gasteiger partial charge in [-0.25, -0.2) is 9.36 Å². The topological polar surface area (TPSA) is 114 Å². The maximum atomic E-state index is 12.8. The molecular formula is C18H15ClF3N3O5. The van der Waals surface area contributed by atoms with Gasteiger partial charge in [-0.15, -0.1) is 0 Å². The van der Waals surface area contributed by atoms with Crippen LogP contribution in [-0.2, 0) is 15.8 Å². The average molecular weight is 446 g/mol. The second-order valence-electron chi connectivity index (χ2n) is 6.97. The van der Waals surface area contributed by atoms with E-state index in [1.807, 2.05) is 0 Å². The Morgan fingerprint density at radius 2 is 2.07 bits per heavy atom. The number of aromatic amines is 1. The summed E-state index contributed by atoms with van der Waals surface area (Å²) in [6.07, 6.45) is -4.62. The summed E-state index contributed by atoms with van der Waals surface area (Å²) in [5, 5.41) is 13.0. The molecule has 1 aromatic heterocycles. The van der Waals surface area contributed by atoms with Crippen LogP contribution < -0.4 is 11.2 Å². The Balaban J connectivity index is 1.97. The Labute approximate surface area is 171 Å². The van der Waals surface area contributed by atoms with Crippen molar-refractivity contribution in [3.05, 3.63) is 61.4 Å². The summed E-state index contributed by atoms with van der Waals surface area (Å²) in [5.41, 5.74) is -4.13. The zero-order valence-electron chi connectivity index (χ0n) is 15.4. The second kappa shape index (κ2) is 7.63. The molecule has 0 saturated carbocycles. The van der Waals surface area contributed by atoms with Crippen LogP contribution in [0, 0.1) is 0 Å². The second-order valence-corrected chi connectivity index (χ2v) is 7.38. The molecule has 160 valence electrons. The summed E-state index contributed by atoms with van der Waals surface area (Å²) >= 11 is 6.20. The first-order valence-electron chi connectivity index (χ1n) is 8.60. The monoisotopic (exact) mass is 445 g/mol. The summed E-state index contributed by atoms with van der Waals surface area (Å²) in [4.78, 5) is 42.1. The summed E-state index contributed by atoms with van der Waals surface area (Å²) in [5.74, 6) is -0.991. The fourth-order valence-corrected chi connectivity index (χ4v) is 3.23. The first-order valence-corrected chi connectivity index (χ1v) is 8.98. The van der Waals surface area contributed by atoms with E-state index in [1.165, 1.54) is 18.2 Å². The molecule has 0 radical (unpaired) electrons. The lowest BCUT2D eigenvalue weighted by Gasteiger charge is -2.20. The van der Waals surface area contributed by atoms with Crippen molar-refractivity contribution in [3.8, 4) is 5.69 Å². The molecule has 8 nitrogen and oxygen atoms in total. The maximum absolute atomic E-state index is 12.8. The van der Waals surface area contributed by atoms with E-state index in [9.17, 15) is 27.6 Å². The number of hydrogen-bond acceptors (Lipinski definition) is 5. The zero-order chi connectivity index (χ0) is 22.3. The minimum atomic E-state index is -4.88. The molecule has 0 fully saturated rings. The molecule has 30 heavy (non-hydrogen) atoms. The van der Waals surface area contributed by atoms with E-state index in [2.05, 4.69) is 5.16 Å². The highest BCUT2D eigenvalue weighted by Gasteiger charge is 2.36. The number of H-pyrrole nitrogens is 1. The van der Waals surface area contributed by atoms with Crippen LogP contribution in [-0.4, -0.2) is 31.9 Å². The Morgan fingerprint density at radius 1 is 1.37 bits per heavy atom. The molecule has 1 aromatic carbocycles. The van der Waals surface area contributed by atoms with Crippen LogP contribution in [0.1, 0.15) is 37.4 Å². The predicted molar refractivity (Wildman–Crippen MR) is 100 cm³/mol. The number of nitrogens with one attached hydrogen (secondary N) is 1. The van der Waals surface area contributed by atoms with Gasteiger partial charge in [0.1, 0.15) is 11.3 Å². The molecule has 0 saturated heterocycles. The van der Waals surface area contributed by atoms with Crippen LogP contribution in [0.2, 0.25) is 5.02 Å². The lowest BCUT2D eigenvalue weighted by Crippen LogP contribution is -2.35. The number of rotatable bonds is 5. The molecule has 2 aromatic rings. The van der Waals surface area contributed by atoms with Crippen molar-refractivity contribution in [3.63, 3.8) is 0 Å². The largest absolute Gasteiger partial charge is 0.481 e. The highest BCUT2D eigenvalue weighted by Crippen LogP contribution is 2.33. The Morgan fingerprint density at radius 3 is 2.67 bits per heavy atom. The van der Waals surface area contributed by atoms with Gasteiger partial charge in [-0.1, -0.05) is 16.8 Å². The van der Waals surface area contributed by atoms with Gasteiger partial charge in [0.05, 0.1) is 11.4 Å². The predicted octanol–water partition coefficient (Wildman–Crippen LogP) is 2.95. The van der Waals surface area contributed by atoms with Crippen LogP contribution in [0.15, 0.2) is 39.0 Å². The normalized spacial score (nSPS) is 18.8. The van der Waals surface area contributed by atoms with Gasteiger partial charge in [-0.05, 0) is 25.1 Å². The van der Waals surface area contributed by atoms with Crippen LogP contribution >= 0.6 is 11.6 Å². The van der Waals surface area contributed by atoms with E-state index >= 15 is 0 Å². The lowest BCUT2D eigenvalue weighted by molar-refractivity contribution is -0.141. The van der Waals surface area contributed by atoms with E-state index in [0.717, 1.165) is 0 Å². The maximum Gasteiger partial charge on any atom is 0.431 e. The number of carbonyl (C=O) groups is 1. The van der Waals surface area contributed by atoms with Crippen LogP contribution in [0.25, 0.3) is 5.69 Å². The van der Waals surface area contributed by atoms with Crippen molar-refractivity contribution >= 4 is 23.3 Å². The molecule has 0 bridgehead atoms. The van der Waals surface area contributed by atoms with Gasteiger partial charge in [0.15, 0.2) is 0 Å². The third-order valence-electron chi connectivity index (χ3n) is 4.54. The summed E-state index contributed by atoms with van der Waals surface area (Å²) in [6.45, 7) is 1.68. The van der Waals surface area contributed by atoms with Crippen molar-refractivity contribution < 1.29 is 27.9 Å². The molecule has 1 aliphatic heterocycles. The molecule has 3 rings (SSSR count). The van der Waals surface area contributed by atoms with E-state index in [4.69, 9.17) is 21.5 Å². The highest BCUT2D eigenvalue weighted by molar-refractivity contribution is 6.34. The molecule has 0 spiro atoms. The van der Waals surface area contributed by atoms with Gasteiger partial charge < -0.3 is 14.9 Å². The zero-order valence-corrected chi connectivity index (χ0v) is 16.2. The van der Waals surface area contributed by atoms with Crippen LogP contribution in [0.4, 0.5) is 13.2 Å². The first-order chi connectivity index (χ1) is 13.9. The van der Waals surface area contributed by atoms with Crippen molar-refractivity contribution in [2.45, 2.75) is 38.0 Å². The quantitative estimate of drug-likeness (QED) is 0.734. The standard InChI is InChI=1S/C18H15ClF3N3O5/c1-17(5-4-15(27)28)8-12(24-30-17)10-6-9(2-3-11(10)19)25-14(26)7-13(18(20,21)22)23-16(25)29/h2-3,6-7H,4-5,8H2,1H3,(H,23,29)(H,27,28). The number of carboxylic acids is 1. The van der Waals surface area contributed by atoms with Crippen molar-refractivity contribution in [2.75, 3.05) is 0 Å². The van der Waals surface area contributed by atoms with E-state index < -0.39 is 34.7 Å². The minimum Gasteiger partial charge on any atom is -0.481 e. The SMILES string of the molecule is CC1(CCC(=O)O)CC(c2cc(-n3c(=O)cc(C(F)(F)F)[nH]c3=O)ccc2Cl)=NO1. The number of oxime groups is 1. The molecule has 1 atom stereocenters. The number of carboxylic acid groups (broad SMARTS) is 1. The third kappa shape index (κ3) is 4.40. The van der Waals surface area contributed by atoms with E-state index in [0.29, 0.717) is 15.8 Å². The van der Waals surface area contributed by atoms with Crippen molar-refractivity contribution in [2.24, 2.45) is 5.16 Å². The van der Waals surface area contributed by atoms with E-state index in [1.54, 1.807) is 11.9 Å². The van der Waals surface area contributed by atoms with Crippen LogP contribution in [0.3, 0.4) is 0 Å². The Bertz CT molecular complexity index is 1120. The number of hydrogen-bond donors (Lipinski definition) is 2. The Kier molecular flexibility index (Phi) is 5.50. The molecule has 0 aliphatic carbocycles. The van der Waals surface area contributed by atoms with Gasteiger partial charge in [-0.3, -0.25) is 9.59 Å². The van der Waals surface area contributed by atoms with Gasteiger partial charge in [0.2, 0.25) is 0 Å². The fraction of sp³-hybridized carbons (Fsp3) is 0.333. The fourth-order valence-electron chi connectivity index (χ4n) is 3.00. The number of halogens is 4. The molecule has 12 heteroatoms. The first kappa shape index (κ1) is 21.6. The van der Waals surface area contributed by atoms with Gasteiger partial charge in [0.25, 0.3) is 5.56 Å². The summed E-state index contributed by atoms with van der Waals surface area (Å²) in [7, 11) is 0. The molecule has 1 unspecified atom stereocenters. The lowest BCUT2D eigenvalue weighted by atomic mass is 9.91. The average Bonchev–Trinajstić information content (AvgIpc) is 3.02. The van der Waals surface area contributed by atoms with Gasteiger partial charge in [-0.2, -0.15) is 13.2 Å². The van der Waals surface area contributed by atoms with Crippen molar-refractivity contribution in [1.29, 1.82) is 0 Å². The smallest absolute Gasteiger partial charge is 0.431 e. The van der Waals surface area contributed by atoms with E-state index in [-0.39, 0.29) is 36.0 Å². The van der Waals surface area contributed by atoms with Gasteiger partial charge in [0, 0.05) is 35.9 Å². The van der Waals surface area contributed by atoms with Gasteiger partial charge >= 0.3 is 17.8 Å². The van der Waals surface area contributed by atoms with Crippen molar-refractivity contribution in [1.82, 2.24) is 9.55 Å². The molecule has 2 heterocycles. The number of nitrogens with zero attached hydrogens (tertiary/aromatic N) is 2. The Hall–Kier alpha value is -3.08. The summed E-state index contributed by atoms with van der Waals surface area (Å²) in [6, 6.07) is 4.28. The summed E-state index contributed by atoms with van der Waals surface area (Å²) < 4.78 is 38.9.